The smallest absolute Gasteiger partial charge is 0.103 e. The molecule has 0 aliphatic heterocycles. The minimum Gasteiger partial charge on any atom is -0.384 e. The number of aliphatic hydroxyl groups is 1. The molecule has 1 heterocycles. The lowest BCUT2D eigenvalue weighted by Crippen LogP contribution is -2.32. The summed E-state index contributed by atoms with van der Waals surface area (Å²) in [5, 5.41) is 14.2. The van der Waals surface area contributed by atoms with E-state index in [1.54, 1.807) is 11.6 Å². The minimum absolute atomic E-state index is 0.209. The van der Waals surface area contributed by atoms with Crippen LogP contribution in [-0.2, 0) is 12.6 Å². The highest BCUT2D eigenvalue weighted by atomic mass is 16.3. The fourth-order valence-electron chi connectivity index (χ4n) is 1.66. The molecular formula is C9H17N3O. The van der Waals surface area contributed by atoms with Crippen molar-refractivity contribution in [3.05, 3.63) is 17.0 Å². The maximum absolute atomic E-state index is 9.99. The van der Waals surface area contributed by atoms with Crippen LogP contribution in [-0.4, -0.2) is 21.4 Å². The van der Waals surface area contributed by atoms with Crippen LogP contribution in [0.5, 0.6) is 0 Å². The molecule has 4 heteroatoms. The van der Waals surface area contributed by atoms with Crippen molar-refractivity contribution >= 4 is 0 Å². The number of rotatable bonds is 2. The molecule has 0 bridgehead atoms. The van der Waals surface area contributed by atoms with Crippen molar-refractivity contribution < 1.29 is 5.11 Å². The molecule has 4 nitrogen and oxygen atoms in total. The monoisotopic (exact) mass is 183 g/mol. The first-order chi connectivity index (χ1) is 5.90. The van der Waals surface area contributed by atoms with Gasteiger partial charge in [0.05, 0.1) is 5.69 Å². The SMILES string of the molecule is Cc1nn(C)c(C)c1C(C)(O)CN. The van der Waals surface area contributed by atoms with Gasteiger partial charge in [-0.15, -0.1) is 0 Å². The van der Waals surface area contributed by atoms with Gasteiger partial charge in [-0.1, -0.05) is 0 Å². The first-order valence-corrected chi connectivity index (χ1v) is 4.33. The van der Waals surface area contributed by atoms with Crippen molar-refractivity contribution in [2.24, 2.45) is 12.8 Å². The second-order valence-electron chi connectivity index (χ2n) is 3.65. The molecule has 0 fully saturated rings. The molecule has 0 saturated carbocycles. The zero-order valence-electron chi connectivity index (χ0n) is 8.63. The van der Waals surface area contributed by atoms with Gasteiger partial charge in [-0.2, -0.15) is 5.10 Å². The molecule has 1 aromatic heterocycles. The molecule has 0 aliphatic rings. The summed E-state index contributed by atoms with van der Waals surface area (Å²) in [6.45, 7) is 5.73. The summed E-state index contributed by atoms with van der Waals surface area (Å²) in [4.78, 5) is 0. The van der Waals surface area contributed by atoms with Gasteiger partial charge in [0.25, 0.3) is 0 Å². The Hall–Kier alpha value is -0.870. The molecular weight excluding hydrogens is 166 g/mol. The third kappa shape index (κ3) is 1.59. The fourth-order valence-corrected chi connectivity index (χ4v) is 1.66. The highest BCUT2D eigenvalue weighted by Gasteiger charge is 2.27. The zero-order chi connectivity index (χ0) is 10.2. The Balaban J connectivity index is 3.28. The molecule has 1 unspecified atom stereocenters. The molecule has 1 aromatic rings. The van der Waals surface area contributed by atoms with E-state index in [1.807, 2.05) is 20.9 Å². The van der Waals surface area contributed by atoms with Gasteiger partial charge in [-0.05, 0) is 20.8 Å². The summed E-state index contributed by atoms with van der Waals surface area (Å²) in [6.07, 6.45) is 0. The van der Waals surface area contributed by atoms with E-state index in [1.165, 1.54) is 0 Å². The average Bonchev–Trinajstić information content (AvgIpc) is 2.27. The van der Waals surface area contributed by atoms with Crippen molar-refractivity contribution in [1.82, 2.24) is 9.78 Å². The molecule has 0 saturated heterocycles. The number of aromatic nitrogens is 2. The van der Waals surface area contributed by atoms with Crippen molar-refractivity contribution in [3.8, 4) is 0 Å². The molecule has 1 rings (SSSR count). The predicted octanol–water partition coefficient (Wildman–Crippen LogP) is 0.203. The van der Waals surface area contributed by atoms with Crippen LogP contribution in [0.25, 0.3) is 0 Å². The van der Waals surface area contributed by atoms with E-state index in [0.29, 0.717) is 0 Å². The normalized spacial score (nSPS) is 15.8. The molecule has 13 heavy (non-hydrogen) atoms. The third-order valence-electron chi connectivity index (χ3n) is 2.45. The number of nitrogens with two attached hydrogens (primary N) is 1. The summed E-state index contributed by atoms with van der Waals surface area (Å²) in [6, 6.07) is 0. The van der Waals surface area contributed by atoms with Crippen molar-refractivity contribution in [2.45, 2.75) is 26.4 Å². The number of aryl methyl sites for hydroxylation is 2. The molecule has 0 spiro atoms. The Kier molecular flexibility index (Phi) is 2.45. The van der Waals surface area contributed by atoms with Gasteiger partial charge < -0.3 is 10.8 Å². The van der Waals surface area contributed by atoms with Crippen molar-refractivity contribution in [1.29, 1.82) is 0 Å². The third-order valence-corrected chi connectivity index (χ3v) is 2.45. The Morgan fingerprint density at radius 3 is 2.38 bits per heavy atom. The van der Waals surface area contributed by atoms with Crippen LogP contribution in [0, 0.1) is 13.8 Å². The van der Waals surface area contributed by atoms with Crippen LogP contribution in [0.1, 0.15) is 23.9 Å². The maximum atomic E-state index is 9.99. The standard InChI is InChI=1S/C9H17N3O/c1-6-8(9(3,13)5-10)7(2)12(4)11-6/h13H,5,10H2,1-4H3. The van der Waals surface area contributed by atoms with Crippen LogP contribution in [0.4, 0.5) is 0 Å². The summed E-state index contributed by atoms with van der Waals surface area (Å²) < 4.78 is 1.76. The molecule has 1 atom stereocenters. The van der Waals surface area contributed by atoms with E-state index < -0.39 is 5.60 Å². The quantitative estimate of drug-likeness (QED) is 0.688. The van der Waals surface area contributed by atoms with Crippen molar-refractivity contribution in [2.75, 3.05) is 6.54 Å². The number of nitrogens with zero attached hydrogens (tertiary/aromatic N) is 2. The Morgan fingerprint density at radius 2 is 2.08 bits per heavy atom. The molecule has 0 radical (unpaired) electrons. The van der Waals surface area contributed by atoms with Crippen LogP contribution >= 0.6 is 0 Å². The molecule has 0 aliphatic carbocycles. The second kappa shape index (κ2) is 3.12. The lowest BCUT2D eigenvalue weighted by atomic mass is 9.94. The Morgan fingerprint density at radius 1 is 1.54 bits per heavy atom. The molecule has 3 N–H and O–H groups in total. The van der Waals surface area contributed by atoms with Gasteiger partial charge in [-0.3, -0.25) is 4.68 Å². The fraction of sp³-hybridized carbons (Fsp3) is 0.667. The number of hydrogen-bond donors (Lipinski definition) is 2. The summed E-state index contributed by atoms with van der Waals surface area (Å²) in [7, 11) is 1.86. The summed E-state index contributed by atoms with van der Waals surface area (Å²) in [5.41, 5.74) is 7.18. The van der Waals surface area contributed by atoms with Crippen molar-refractivity contribution in [3.63, 3.8) is 0 Å². The van der Waals surface area contributed by atoms with Gasteiger partial charge >= 0.3 is 0 Å². The van der Waals surface area contributed by atoms with E-state index in [0.717, 1.165) is 17.0 Å². The number of hydrogen-bond acceptors (Lipinski definition) is 3. The van der Waals surface area contributed by atoms with Gasteiger partial charge in [0.15, 0.2) is 0 Å². The molecule has 0 aromatic carbocycles. The predicted molar refractivity (Wildman–Crippen MR) is 51.3 cm³/mol. The zero-order valence-corrected chi connectivity index (χ0v) is 8.63. The average molecular weight is 183 g/mol. The summed E-state index contributed by atoms with van der Waals surface area (Å²) >= 11 is 0. The highest BCUT2D eigenvalue weighted by molar-refractivity contribution is 5.30. The summed E-state index contributed by atoms with van der Waals surface area (Å²) in [5.74, 6) is 0. The van der Waals surface area contributed by atoms with Gasteiger partial charge in [0.2, 0.25) is 0 Å². The second-order valence-corrected chi connectivity index (χ2v) is 3.65. The van der Waals surface area contributed by atoms with Crippen LogP contribution in [0.2, 0.25) is 0 Å². The maximum Gasteiger partial charge on any atom is 0.103 e. The first kappa shape index (κ1) is 10.2. The first-order valence-electron chi connectivity index (χ1n) is 4.33. The highest BCUT2D eigenvalue weighted by Crippen LogP contribution is 2.25. The van der Waals surface area contributed by atoms with Gasteiger partial charge in [0, 0.05) is 24.8 Å². The lowest BCUT2D eigenvalue weighted by Gasteiger charge is -2.21. The van der Waals surface area contributed by atoms with Crippen LogP contribution in [0.3, 0.4) is 0 Å². The van der Waals surface area contributed by atoms with Crippen LogP contribution < -0.4 is 5.73 Å². The molecule has 74 valence electrons. The topological polar surface area (TPSA) is 64.1 Å². The molecule has 0 amide bonds. The van der Waals surface area contributed by atoms with E-state index in [4.69, 9.17) is 5.73 Å². The Bertz CT molecular complexity index is 315. The Labute approximate surface area is 78.4 Å². The largest absolute Gasteiger partial charge is 0.384 e. The van der Waals surface area contributed by atoms with E-state index in [2.05, 4.69) is 5.10 Å². The van der Waals surface area contributed by atoms with Gasteiger partial charge in [-0.25, -0.2) is 0 Å². The lowest BCUT2D eigenvalue weighted by molar-refractivity contribution is 0.0654. The van der Waals surface area contributed by atoms with E-state index in [-0.39, 0.29) is 6.54 Å². The van der Waals surface area contributed by atoms with Gasteiger partial charge in [0.1, 0.15) is 5.60 Å². The van der Waals surface area contributed by atoms with E-state index >= 15 is 0 Å². The van der Waals surface area contributed by atoms with E-state index in [9.17, 15) is 5.11 Å². The van der Waals surface area contributed by atoms with Crippen LogP contribution in [0.15, 0.2) is 0 Å². The minimum atomic E-state index is -0.970.